The maximum Gasteiger partial charge on any atom is 0.410 e. The minimum Gasteiger partial charge on any atom is -0.445 e. The number of ether oxygens (including phenoxy) is 3. The van der Waals surface area contributed by atoms with Crippen LogP contribution in [0.25, 0.3) is 0 Å². The van der Waals surface area contributed by atoms with Crippen LogP contribution in [0.2, 0.25) is 0 Å². The van der Waals surface area contributed by atoms with Gasteiger partial charge in [0.05, 0.1) is 12.6 Å². The number of hydrogen-bond acceptors (Lipinski definition) is 5. The lowest BCUT2D eigenvalue weighted by Crippen LogP contribution is -2.62. The molecule has 1 aliphatic heterocycles. The number of benzene rings is 1. The molecule has 150 valence electrons. The van der Waals surface area contributed by atoms with Gasteiger partial charge in [0.15, 0.2) is 0 Å². The molecule has 0 saturated carbocycles. The minimum atomic E-state index is -1.46. The van der Waals surface area contributed by atoms with Crippen molar-refractivity contribution >= 4 is 12.2 Å². The van der Waals surface area contributed by atoms with Crippen molar-refractivity contribution in [2.24, 2.45) is 0 Å². The van der Waals surface area contributed by atoms with Crippen molar-refractivity contribution in [2.45, 2.75) is 51.3 Å². The van der Waals surface area contributed by atoms with Crippen molar-refractivity contribution in [1.29, 1.82) is 0 Å². The molecule has 0 bridgehead atoms. The van der Waals surface area contributed by atoms with Crippen LogP contribution in [0.3, 0.4) is 0 Å². The Labute approximate surface area is 158 Å². The Bertz CT molecular complexity index is 635. The van der Waals surface area contributed by atoms with E-state index >= 15 is 0 Å². The highest BCUT2D eigenvalue weighted by atomic mass is 19.1. The van der Waals surface area contributed by atoms with Crippen LogP contribution in [-0.2, 0) is 20.8 Å². The molecule has 1 saturated heterocycles. The van der Waals surface area contributed by atoms with Crippen molar-refractivity contribution in [3.63, 3.8) is 0 Å². The fraction of sp³-hybridized carbons (Fsp3) is 0.579. The van der Waals surface area contributed by atoms with E-state index in [2.05, 4.69) is 5.32 Å². The molecular weight excluding hydrogens is 355 g/mol. The summed E-state index contributed by atoms with van der Waals surface area (Å²) in [4.78, 5) is 25.6. The van der Waals surface area contributed by atoms with Gasteiger partial charge in [0, 0.05) is 13.7 Å². The van der Waals surface area contributed by atoms with Crippen LogP contribution in [0.4, 0.5) is 14.0 Å². The monoisotopic (exact) mass is 382 g/mol. The Balaban J connectivity index is 1.96. The summed E-state index contributed by atoms with van der Waals surface area (Å²) in [6.07, 6.45) is -3.68. The topological polar surface area (TPSA) is 77.1 Å². The Kier molecular flexibility index (Phi) is 7.01. The van der Waals surface area contributed by atoms with Crippen LogP contribution < -0.4 is 5.32 Å². The third-order valence-electron chi connectivity index (χ3n) is 4.00. The van der Waals surface area contributed by atoms with Crippen molar-refractivity contribution in [2.75, 3.05) is 20.2 Å². The highest BCUT2D eigenvalue weighted by Gasteiger charge is 2.41. The van der Waals surface area contributed by atoms with Gasteiger partial charge in [-0.2, -0.15) is 0 Å². The van der Waals surface area contributed by atoms with Gasteiger partial charge < -0.3 is 24.4 Å². The Morgan fingerprint density at radius 3 is 2.48 bits per heavy atom. The fourth-order valence-corrected chi connectivity index (χ4v) is 2.81. The molecule has 7 nitrogen and oxygen atoms in total. The lowest BCUT2D eigenvalue weighted by molar-refractivity contribution is -0.0512. The number of carbonyl (C=O) groups excluding carboxylic acids is 2. The Morgan fingerprint density at radius 1 is 1.22 bits per heavy atom. The largest absolute Gasteiger partial charge is 0.445 e. The molecule has 2 rings (SSSR count). The molecule has 27 heavy (non-hydrogen) atoms. The number of alkyl halides is 1. The van der Waals surface area contributed by atoms with E-state index in [1.54, 1.807) is 20.8 Å². The lowest BCUT2D eigenvalue weighted by Gasteiger charge is -2.40. The highest BCUT2D eigenvalue weighted by molar-refractivity contribution is 5.70. The van der Waals surface area contributed by atoms with Crippen LogP contribution >= 0.6 is 0 Å². The molecule has 0 aromatic heterocycles. The number of nitrogens with zero attached hydrogens (tertiary/aromatic N) is 1. The van der Waals surface area contributed by atoms with Crippen LogP contribution in [-0.4, -0.2) is 61.2 Å². The maximum atomic E-state index is 14.5. The number of amides is 2. The second-order valence-corrected chi connectivity index (χ2v) is 7.41. The van der Waals surface area contributed by atoms with E-state index in [4.69, 9.17) is 14.2 Å². The predicted octanol–water partition coefficient (Wildman–Crippen LogP) is 2.89. The van der Waals surface area contributed by atoms with Crippen LogP contribution in [0, 0.1) is 0 Å². The summed E-state index contributed by atoms with van der Waals surface area (Å²) in [7, 11) is 1.37. The summed E-state index contributed by atoms with van der Waals surface area (Å²) in [5.41, 5.74) is 0.136. The zero-order valence-corrected chi connectivity index (χ0v) is 16.1. The van der Waals surface area contributed by atoms with E-state index in [1.807, 2.05) is 30.3 Å². The molecule has 1 heterocycles. The molecule has 1 fully saturated rings. The SMILES string of the molecule is CO[C@H]1[C@@H](NC(=O)OCc2ccccc2)CN(C(=O)OC(C)(C)C)C[C@@H]1F. The Hall–Kier alpha value is -2.35. The van der Waals surface area contributed by atoms with Gasteiger partial charge in [0.25, 0.3) is 0 Å². The second kappa shape index (κ2) is 9.03. The van der Waals surface area contributed by atoms with E-state index in [0.717, 1.165) is 5.56 Å². The number of halogens is 1. The van der Waals surface area contributed by atoms with Crippen LogP contribution in [0.1, 0.15) is 26.3 Å². The second-order valence-electron chi connectivity index (χ2n) is 7.41. The van der Waals surface area contributed by atoms with Gasteiger partial charge in [0.1, 0.15) is 24.5 Å². The summed E-state index contributed by atoms with van der Waals surface area (Å²) in [6, 6.07) is 8.44. The number of nitrogens with one attached hydrogen (secondary N) is 1. The molecule has 3 atom stereocenters. The van der Waals surface area contributed by atoms with E-state index in [9.17, 15) is 14.0 Å². The number of likely N-dealkylation sites (tertiary alicyclic amines) is 1. The maximum absolute atomic E-state index is 14.5. The molecule has 1 aromatic rings. The van der Waals surface area contributed by atoms with Crippen molar-refractivity contribution < 1.29 is 28.2 Å². The van der Waals surface area contributed by atoms with E-state index in [-0.39, 0.29) is 19.7 Å². The summed E-state index contributed by atoms with van der Waals surface area (Å²) in [5, 5.41) is 2.59. The van der Waals surface area contributed by atoms with E-state index in [1.165, 1.54) is 12.0 Å². The summed E-state index contributed by atoms with van der Waals surface area (Å²) in [5.74, 6) is 0. The molecule has 2 amide bonds. The minimum absolute atomic E-state index is 0.0638. The average molecular weight is 382 g/mol. The molecule has 0 spiro atoms. The summed E-state index contributed by atoms with van der Waals surface area (Å²) in [6.45, 7) is 5.19. The zero-order valence-electron chi connectivity index (χ0n) is 16.1. The standard InChI is InChI=1S/C19H27FN2O5/c1-19(2,3)27-18(24)22-10-14(20)16(25-4)15(11-22)21-17(23)26-12-13-8-6-5-7-9-13/h5-9,14-16H,10-12H2,1-4H3,(H,21,23)/t14-,15-,16+/m0/s1. The molecule has 0 unspecified atom stereocenters. The van der Waals surface area contributed by atoms with Gasteiger partial charge in [-0.05, 0) is 26.3 Å². The van der Waals surface area contributed by atoms with Crippen molar-refractivity contribution in [3.05, 3.63) is 35.9 Å². The molecular formula is C19H27FN2O5. The quantitative estimate of drug-likeness (QED) is 0.866. The third-order valence-corrected chi connectivity index (χ3v) is 4.00. The normalized spacial score (nSPS) is 22.9. The number of alkyl carbamates (subject to hydrolysis) is 1. The first-order valence-electron chi connectivity index (χ1n) is 8.81. The molecule has 1 aromatic carbocycles. The Morgan fingerprint density at radius 2 is 1.89 bits per heavy atom. The van der Waals surface area contributed by atoms with E-state index in [0.29, 0.717) is 0 Å². The van der Waals surface area contributed by atoms with Crippen LogP contribution in [0.5, 0.6) is 0 Å². The highest BCUT2D eigenvalue weighted by Crippen LogP contribution is 2.20. The van der Waals surface area contributed by atoms with Crippen molar-refractivity contribution in [1.82, 2.24) is 10.2 Å². The van der Waals surface area contributed by atoms with Gasteiger partial charge in [-0.3, -0.25) is 0 Å². The number of piperidine rings is 1. The number of methoxy groups -OCH3 is 1. The first kappa shape index (κ1) is 21.0. The zero-order chi connectivity index (χ0) is 20.0. The molecule has 1 aliphatic rings. The first-order valence-corrected chi connectivity index (χ1v) is 8.81. The van der Waals surface area contributed by atoms with Crippen LogP contribution in [0.15, 0.2) is 30.3 Å². The summed E-state index contributed by atoms with van der Waals surface area (Å²) >= 11 is 0. The van der Waals surface area contributed by atoms with Gasteiger partial charge >= 0.3 is 12.2 Å². The van der Waals surface area contributed by atoms with Crippen molar-refractivity contribution in [3.8, 4) is 0 Å². The lowest BCUT2D eigenvalue weighted by atomic mass is 10.0. The molecule has 0 radical (unpaired) electrons. The van der Waals surface area contributed by atoms with Gasteiger partial charge in [-0.25, -0.2) is 14.0 Å². The van der Waals surface area contributed by atoms with Gasteiger partial charge in [-0.15, -0.1) is 0 Å². The molecule has 0 aliphatic carbocycles. The fourth-order valence-electron chi connectivity index (χ4n) is 2.81. The van der Waals surface area contributed by atoms with E-state index < -0.39 is 36.1 Å². The molecule has 1 N–H and O–H groups in total. The number of carbonyl (C=O) groups is 2. The first-order chi connectivity index (χ1) is 12.7. The van der Waals surface area contributed by atoms with Gasteiger partial charge in [-0.1, -0.05) is 30.3 Å². The smallest absolute Gasteiger partial charge is 0.410 e. The molecule has 8 heteroatoms. The summed E-state index contributed by atoms with van der Waals surface area (Å²) < 4.78 is 30.1. The number of hydrogen-bond donors (Lipinski definition) is 1. The average Bonchev–Trinajstić information content (AvgIpc) is 2.59. The predicted molar refractivity (Wildman–Crippen MR) is 97.1 cm³/mol. The number of rotatable bonds is 4. The van der Waals surface area contributed by atoms with Gasteiger partial charge in [0.2, 0.25) is 0 Å². The third kappa shape index (κ3) is 6.39.